The zero-order valence-electron chi connectivity index (χ0n) is 29.2. The lowest BCUT2D eigenvalue weighted by molar-refractivity contribution is -0.137. The first-order valence-electron chi connectivity index (χ1n) is 17.3. The van der Waals surface area contributed by atoms with E-state index in [1.54, 1.807) is 36.4 Å². The Labute approximate surface area is 336 Å². The summed E-state index contributed by atoms with van der Waals surface area (Å²) >= 11 is 24.6. The third-order valence-corrected chi connectivity index (χ3v) is 10.0. The lowest BCUT2D eigenvalue weighted by Gasteiger charge is -2.28. The number of carbonyl (C=O) groups is 3. The quantitative estimate of drug-likeness (QED) is 0.0790. The fourth-order valence-electron chi connectivity index (χ4n) is 5.56. The van der Waals surface area contributed by atoms with Crippen LogP contribution in [0.1, 0.15) is 65.6 Å². The molecule has 16 heteroatoms. The molecule has 0 bridgehead atoms. The van der Waals surface area contributed by atoms with Crippen molar-refractivity contribution in [3.63, 3.8) is 0 Å². The predicted molar refractivity (Wildman–Crippen MR) is 208 cm³/mol. The number of benzene rings is 4. The molecule has 0 spiro atoms. The molecule has 10 nitrogen and oxygen atoms in total. The summed E-state index contributed by atoms with van der Waals surface area (Å²) in [7, 11) is 0. The molecule has 292 valence electrons. The summed E-state index contributed by atoms with van der Waals surface area (Å²) in [6.45, 7) is -0.670. The molecule has 0 aliphatic heterocycles. The Morgan fingerprint density at radius 3 is 1.49 bits per heavy atom. The second-order valence-corrected chi connectivity index (χ2v) is 14.6. The molecule has 2 aliphatic rings. The predicted octanol–water partition coefficient (Wildman–Crippen LogP) is 9.79. The van der Waals surface area contributed by atoms with Gasteiger partial charge in [-0.3, -0.25) is 14.4 Å². The number of amides is 1. The smallest absolute Gasteiger partial charge is 0.322 e. The van der Waals surface area contributed by atoms with Crippen LogP contribution in [0.3, 0.4) is 0 Å². The normalized spacial score (nSPS) is 13.7. The standard InChI is InChI=1S/C20H19Cl2FN2O4.C19H18Cl2FNO3/c21-14-7-12(20(28)24-9-17(26)27)8-15(22)19(14)29-10-11-3-1-6-16(18(11)23)25-13-4-2-5-13;20-14-7-11(9-17(24)25)8-15(21)19(14)26-10-12-3-1-6-16(18(12)22)23-13-4-2-5-13/h1,3,6-8,13,25H,2,4-5,9-10H2,(H,24,28)(H,26,27);1,3,6-8,13,23H,2,4-5,9-10H2,(H,24,25). The van der Waals surface area contributed by atoms with Gasteiger partial charge in [0.1, 0.15) is 19.8 Å². The Morgan fingerprint density at radius 1 is 0.673 bits per heavy atom. The van der Waals surface area contributed by atoms with E-state index in [0.717, 1.165) is 38.5 Å². The van der Waals surface area contributed by atoms with Gasteiger partial charge in [0.05, 0.1) is 37.9 Å². The molecule has 2 aliphatic carbocycles. The minimum atomic E-state index is -1.17. The van der Waals surface area contributed by atoms with Crippen molar-refractivity contribution in [1.82, 2.24) is 5.32 Å². The summed E-state index contributed by atoms with van der Waals surface area (Å²) in [5, 5.41) is 26.6. The Morgan fingerprint density at radius 2 is 1.11 bits per heavy atom. The second kappa shape index (κ2) is 19.4. The maximum atomic E-state index is 14.7. The van der Waals surface area contributed by atoms with Crippen LogP contribution in [0.25, 0.3) is 0 Å². The molecule has 2 saturated carbocycles. The van der Waals surface area contributed by atoms with Crippen molar-refractivity contribution in [1.29, 1.82) is 0 Å². The minimum Gasteiger partial charge on any atom is -0.486 e. The van der Waals surface area contributed by atoms with Crippen LogP contribution in [0.4, 0.5) is 20.2 Å². The molecule has 0 unspecified atom stereocenters. The van der Waals surface area contributed by atoms with E-state index in [2.05, 4.69) is 16.0 Å². The van der Waals surface area contributed by atoms with Gasteiger partial charge in [-0.2, -0.15) is 0 Å². The van der Waals surface area contributed by atoms with Crippen LogP contribution in [-0.4, -0.2) is 46.7 Å². The van der Waals surface area contributed by atoms with E-state index in [0.29, 0.717) is 40.1 Å². The first-order chi connectivity index (χ1) is 26.3. The van der Waals surface area contributed by atoms with Crippen molar-refractivity contribution < 1.29 is 42.9 Å². The van der Waals surface area contributed by atoms with Gasteiger partial charge >= 0.3 is 11.9 Å². The van der Waals surface area contributed by atoms with Gasteiger partial charge in [-0.1, -0.05) is 70.7 Å². The van der Waals surface area contributed by atoms with Gasteiger partial charge in [0.2, 0.25) is 0 Å². The summed E-state index contributed by atoms with van der Waals surface area (Å²) in [5.41, 5.74) is 2.17. The highest BCUT2D eigenvalue weighted by atomic mass is 35.5. The van der Waals surface area contributed by atoms with E-state index in [1.165, 1.54) is 24.3 Å². The molecule has 1 amide bonds. The number of hydrogen-bond donors (Lipinski definition) is 5. The van der Waals surface area contributed by atoms with Crippen molar-refractivity contribution in [2.45, 2.75) is 70.2 Å². The highest BCUT2D eigenvalue weighted by Crippen LogP contribution is 2.37. The number of rotatable bonds is 15. The van der Waals surface area contributed by atoms with Crippen molar-refractivity contribution in [3.8, 4) is 11.5 Å². The van der Waals surface area contributed by atoms with Gasteiger partial charge in [-0.05, 0) is 80.5 Å². The SMILES string of the molecule is O=C(O)CNC(=O)c1cc(Cl)c(OCc2cccc(NC3CCC3)c2F)c(Cl)c1.O=C(O)Cc1cc(Cl)c(OCc2cccc(NC3CCC3)c2F)c(Cl)c1. The maximum Gasteiger partial charge on any atom is 0.322 e. The number of carboxylic acid groups (broad SMARTS) is 2. The first-order valence-corrected chi connectivity index (χ1v) is 18.8. The summed E-state index contributed by atoms with van der Waals surface area (Å²) in [5.74, 6) is -3.22. The fraction of sp³-hybridized carbons (Fsp3) is 0.308. The molecular formula is C39H37Cl4F2N3O7. The molecule has 5 N–H and O–H groups in total. The Balaban J connectivity index is 0.000000212. The average Bonchev–Trinajstić information content (AvgIpc) is 3.08. The molecular weight excluding hydrogens is 802 g/mol. The van der Waals surface area contributed by atoms with Crippen molar-refractivity contribution in [2.75, 3.05) is 17.2 Å². The number of carboxylic acids is 2. The van der Waals surface area contributed by atoms with Crippen LogP contribution in [0.15, 0.2) is 60.7 Å². The molecule has 55 heavy (non-hydrogen) atoms. The lowest BCUT2D eigenvalue weighted by Crippen LogP contribution is -2.29. The van der Waals surface area contributed by atoms with Crippen molar-refractivity contribution in [2.24, 2.45) is 0 Å². The molecule has 0 heterocycles. The lowest BCUT2D eigenvalue weighted by atomic mass is 9.93. The van der Waals surface area contributed by atoms with Crippen molar-refractivity contribution >= 4 is 75.6 Å². The number of nitrogens with one attached hydrogen (secondary N) is 3. The molecule has 0 aromatic heterocycles. The highest BCUT2D eigenvalue weighted by Gasteiger charge is 2.22. The molecule has 0 atom stereocenters. The molecule has 0 radical (unpaired) electrons. The largest absolute Gasteiger partial charge is 0.486 e. The summed E-state index contributed by atoms with van der Waals surface area (Å²) < 4.78 is 40.6. The maximum absolute atomic E-state index is 14.7. The van der Waals surface area contributed by atoms with Gasteiger partial charge in [0.25, 0.3) is 5.91 Å². The highest BCUT2D eigenvalue weighted by molar-refractivity contribution is 6.38. The topological polar surface area (TPSA) is 146 Å². The van der Waals surface area contributed by atoms with Crippen LogP contribution < -0.4 is 25.4 Å². The van der Waals surface area contributed by atoms with Gasteiger partial charge < -0.3 is 35.6 Å². The van der Waals surface area contributed by atoms with Gasteiger partial charge in [-0.15, -0.1) is 0 Å². The van der Waals surface area contributed by atoms with Crippen LogP contribution in [-0.2, 0) is 29.2 Å². The van der Waals surface area contributed by atoms with E-state index in [9.17, 15) is 23.2 Å². The van der Waals surface area contributed by atoms with E-state index >= 15 is 0 Å². The summed E-state index contributed by atoms with van der Waals surface area (Å²) in [6, 6.07) is 16.4. The van der Waals surface area contributed by atoms with Gasteiger partial charge in [0, 0.05) is 28.8 Å². The second-order valence-electron chi connectivity index (χ2n) is 13.0. The number of ether oxygens (including phenoxy) is 2. The average molecular weight is 840 g/mol. The minimum absolute atomic E-state index is 0.0380. The van der Waals surface area contributed by atoms with E-state index in [1.807, 2.05) is 0 Å². The zero-order valence-corrected chi connectivity index (χ0v) is 32.2. The zero-order chi connectivity index (χ0) is 39.6. The number of anilines is 2. The Hall–Kier alpha value is -4.49. The fourth-order valence-corrected chi connectivity index (χ4v) is 6.80. The Kier molecular flexibility index (Phi) is 14.7. The van der Waals surface area contributed by atoms with Crippen LogP contribution in [0.2, 0.25) is 20.1 Å². The van der Waals surface area contributed by atoms with Crippen molar-refractivity contribution in [3.05, 3.63) is 115 Å². The molecule has 6 rings (SSSR count). The molecule has 4 aromatic rings. The van der Waals surface area contributed by atoms with Gasteiger partial charge in [0.15, 0.2) is 23.1 Å². The number of halogens is 6. The number of carbonyl (C=O) groups excluding carboxylic acids is 1. The van der Waals surface area contributed by atoms with E-state index in [-0.39, 0.29) is 62.6 Å². The third-order valence-electron chi connectivity index (χ3n) is 8.91. The molecule has 4 aromatic carbocycles. The summed E-state index contributed by atoms with van der Waals surface area (Å²) in [6.07, 6.45) is 6.27. The molecule has 0 saturated heterocycles. The number of hydrogen-bond acceptors (Lipinski definition) is 7. The monoisotopic (exact) mass is 837 g/mol. The van der Waals surface area contributed by atoms with E-state index in [4.69, 9.17) is 66.1 Å². The van der Waals surface area contributed by atoms with Gasteiger partial charge in [-0.25, -0.2) is 8.78 Å². The Bertz CT molecular complexity index is 2000. The first kappa shape index (κ1) is 41.7. The summed E-state index contributed by atoms with van der Waals surface area (Å²) in [4.78, 5) is 33.3. The van der Waals surface area contributed by atoms with Crippen LogP contribution in [0.5, 0.6) is 11.5 Å². The van der Waals surface area contributed by atoms with Crippen LogP contribution in [0, 0.1) is 11.6 Å². The number of aliphatic carboxylic acids is 2. The third kappa shape index (κ3) is 11.5. The molecule has 2 fully saturated rings. The van der Waals surface area contributed by atoms with Crippen LogP contribution >= 0.6 is 46.4 Å². The van der Waals surface area contributed by atoms with E-state index < -0.39 is 30.2 Å².